The van der Waals surface area contributed by atoms with E-state index in [2.05, 4.69) is 4.98 Å². The van der Waals surface area contributed by atoms with Crippen molar-refractivity contribution in [2.75, 3.05) is 0 Å². The summed E-state index contributed by atoms with van der Waals surface area (Å²) in [5.74, 6) is -0.861. The van der Waals surface area contributed by atoms with E-state index in [0.717, 1.165) is 18.4 Å². The predicted molar refractivity (Wildman–Crippen MR) is 91.9 cm³/mol. The molecule has 4 rings (SSSR count). The molecule has 7 heteroatoms. The van der Waals surface area contributed by atoms with Crippen LogP contribution >= 0.6 is 23.2 Å². The van der Waals surface area contributed by atoms with Crippen LogP contribution < -0.4 is 0 Å². The van der Waals surface area contributed by atoms with Gasteiger partial charge < -0.3 is 10.0 Å². The highest BCUT2D eigenvalue weighted by atomic mass is 35.5. The van der Waals surface area contributed by atoms with Crippen LogP contribution in [-0.2, 0) is 11.2 Å². The normalized spacial score (nSPS) is 22.6. The number of pyridine rings is 1. The van der Waals surface area contributed by atoms with Gasteiger partial charge in [-0.25, -0.2) is 4.98 Å². The quantitative estimate of drug-likeness (QED) is 0.805. The Kier molecular flexibility index (Phi) is 4.18. The summed E-state index contributed by atoms with van der Waals surface area (Å²) < 4.78 is 14.0. The summed E-state index contributed by atoms with van der Waals surface area (Å²) >= 11 is 11.9. The Morgan fingerprint density at radius 2 is 2.08 bits per heavy atom. The first-order valence-electron chi connectivity index (χ1n) is 8.06. The van der Waals surface area contributed by atoms with Crippen LogP contribution in [0.25, 0.3) is 0 Å². The van der Waals surface area contributed by atoms with E-state index in [9.17, 15) is 14.3 Å². The molecule has 1 unspecified atom stereocenters. The van der Waals surface area contributed by atoms with Gasteiger partial charge in [-0.3, -0.25) is 4.79 Å². The number of hydrogen-bond donors (Lipinski definition) is 1. The third-order valence-corrected chi connectivity index (χ3v) is 5.83. The standard InChI is InChI=1S/C18H15Cl2FN2O2/c19-13-3-1-9(7-14(13)20)16(24)18(25)23-10-2-4-15(23)11-5-6-22-17(21)12(11)8-10/h1,3,5-7,10,15-16,24H,2,4,8H2/t10-,15+,16?/m1/s1. The number of rotatable bonds is 2. The van der Waals surface area contributed by atoms with Crippen molar-refractivity contribution in [3.63, 3.8) is 0 Å². The van der Waals surface area contributed by atoms with Gasteiger partial charge in [0, 0.05) is 17.8 Å². The molecule has 1 aromatic carbocycles. The highest BCUT2D eigenvalue weighted by Crippen LogP contribution is 2.45. The first-order valence-corrected chi connectivity index (χ1v) is 8.81. The smallest absolute Gasteiger partial charge is 0.256 e. The van der Waals surface area contributed by atoms with E-state index in [1.165, 1.54) is 12.3 Å². The van der Waals surface area contributed by atoms with Gasteiger partial charge in [0.25, 0.3) is 5.91 Å². The number of halogens is 3. The van der Waals surface area contributed by atoms with Crippen LogP contribution in [0.3, 0.4) is 0 Å². The Hall–Kier alpha value is -1.69. The average molecular weight is 381 g/mol. The van der Waals surface area contributed by atoms with E-state index in [1.807, 2.05) is 0 Å². The van der Waals surface area contributed by atoms with E-state index in [0.29, 0.717) is 22.6 Å². The molecule has 3 heterocycles. The molecule has 1 N–H and O–H groups in total. The second-order valence-corrected chi connectivity index (χ2v) is 7.26. The van der Waals surface area contributed by atoms with Crippen LogP contribution in [0.1, 0.15) is 41.7 Å². The summed E-state index contributed by atoms with van der Waals surface area (Å²) in [5.41, 5.74) is 1.77. The molecule has 0 radical (unpaired) electrons. The van der Waals surface area contributed by atoms with Crippen molar-refractivity contribution in [2.24, 2.45) is 0 Å². The lowest BCUT2D eigenvalue weighted by Crippen LogP contribution is -2.44. The second-order valence-electron chi connectivity index (χ2n) is 6.44. The zero-order chi connectivity index (χ0) is 17.7. The van der Waals surface area contributed by atoms with Gasteiger partial charge >= 0.3 is 0 Å². The average Bonchev–Trinajstić information content (AvgIpc) is 2.92. The molecule has 2 aliphatic rings. The van der Waals surface area contributed by atoms with Crippen LogP contribution in [0, 0.1) is 5.95 Å². The Morgan fingerprint density at radius 1 is 1.28 bits per heavy atom. The summed E-state index contributed by atoms with van der Waals surface area (Å²) in [5, 5.41) is 11.2. The molecule has 2 bridgehead atoms. The molecule has 0 saturated carbocycles. The molecule has 130 valence electrons. The van der Waals surface area contributed by atoms with E-state index in [-0.39, 0.29) is 17.1 Å². The highest BCUT2D eigenvalue weighted by Gasteiger charge is 2.45. The third-order valence-electron chi connectivity index (χ3n) is 5.09. The van der Waals surface area contributed by atoms with Crippen LogP contribution in [0.5, 0.6) is 0 Å². The third kappa shape index (κ3) is 2.71. The van der Waals surface area contributed by atoms with Crippen LogP contribution in [-0.4, -0.2) is 26.9 Å². The topological polar surface area (TPSA) is 53.4 Å². The molecule has 4 nitrogen and oxygen atoms in total. The van der Waals surface area contributed by atoms with Crippen molar-refractivity contribution >= 4 is 29.1 Å². The maximum atomic E-state index is 14.0. The van der Waals surface area contributed by atoms with Crippen molar-refractivity contribution in [2.45, 2.75) is 37.5 Å². The number of aliphatic hydroxyl groups excluding tert-OH is 1. The molecule has 2 aromatic rings. The van der Waals surface area contributed by atoms with Crippen molar-refractivity contribution in [1.82, 2.24) is 9.88 Å². The predicted octanol–water partition coefficient (Wildman–Crippen LogP) is 3.85. The van der Waals surface area contributed by atoms with Crippen molar-refractivity contribution in [1.29, 1.82) is 0 Å². The molecule has 1 amide bonds. The maximum absolute atomic E-state index is 14.0. The van der Waals surface area contributed by atoms with Crippen LogP contribution in [0.2, 0.25) is 10.0 Å². The number of amides is 1. The number of aliphatic hydroxyl groups is 1. The molecule has 25 heavy (non-hydrogen) atoms. The lowest BCUT2D eigenvalue weighted by Gasteiger charge is -2.37. The zero-order valence-electron chi connectivity index (χ0n) is 13.1. The Bertz CT molecular complexity index is 861. The molecule has 3 atom stereocenters. The van der Waals surface area contributed by atoms with E-state index >= 15 is 0 Å². The highest BCUT2D eigenvalue weighted by molar-refractivity contribution is 6.42. The number of hydrogen-bond acceptors (Lipinski definition) is 3. The largest absolute Gasteiger partial charge is 0.378 e. The van der Waals surface area contributed by atoms with Gasteiger partial charge in [0.05, 0.1) is 16.1 Å². The van der Waals surface area contributed by atoms with Gasteiger partial charge in [0.2, 0.25) is 5.95 Å². The summed E-state index contributed by atoms with van der Waals surface area (Å²) in [6.07, 6.45) is 2.04. The SMILES string of the molecule is O=C(C(O)c1ccc(Cl)c(Cl)c1)N1[C@@H]2CC[C@H]1c1ccnc(F)c1C2. The van der Waals surface area contributed by atoms with Crippen LogP contribution in [0.15, 0.2) is 30.5 Å². The summed E-state index contributed by atoms with van der Waals surface area (Å²) in [6, 6.07) is 6.04. The zero-order valence-corrected chi connectivity index (χ0v) is 14.6. The molecule has 0 spiro atoms. The maximum Gasteiger partial charge on any atom is 0.256 e. The van der Waals surface area contributed by atoms with E-state index in [4.69, 9.17) is 23.2 Å². The Balaban J connectivity index is 1.66. The van der Waals surface area contributed by atoms with Gasteiger partial charge in [0.1, 0.15) is 0 Å². The summed E-state index contributed by atoms with van der Waals surface area (Å²) in [6.45, 7) is 0. The monoisotopic (exact) mass is 380 g/mol. The molecular weight excluding hydrogens is 366 g/mol. The van der Waals surface area contributed by atoms with Gasteiger partial charge in [-0.15, -0.1) is 0 Å². The second kappa shape index (κ2) is 6.24. The lowest BCUT2D eigenvalue weighted by atomic mass is 9.93. The van der Waals surface area contributed by atoms with Gasteiger partial charge in [-0.2, -0.15) is 4.39 Å². The number of benzene rings is 1. The molecular formula is C18H15Cl2FN2O2. The molecule has 1 aromatic heterocycles. The van der Waals surface area contributed by atoms with Crippen LogP contribution in [0.4, 0.5) is 4.39 Å². The minimum Gasteiger partial charge on any atom is -0.378 e. The minimum absolute atomic E-state index is 0.124. The van der Waals surface area contributed by atoms with E-state index in [1.54, 1.807) is 23.1 Å². The first kappa shape index (κ1) is 16.8. The Labute approximate surface area is 154 Å². The van der Waals surface area contributed by atoms with Crippen molar-refractivity contribution < 1.29 is 14.3 Å². The summed E-state index contributed by atoms with van der Waals surface area (Å²) in [4.78, 5) is 18.3. The fourth-order valence-electron chi connectivity index (χ4n) is 3.92. The number of carbonyl (C=O) groups is 1. The van der Waals surface area contributed by atoms with E-state index < -0.39 is 18.0 Å². The van der Waals surface area contributed by atoms with Gasteiger partial charge in [0.15, 0.2) is 6.10 Å². The summed E-state index contributed by atoms with van der Waals surface area (Å²) in [7, 11) is 0. The number of aromatic nitrogens is 1. The number of fused-ring (bicyclic) bond motifs is 4. The number of nitrogens with zero attached hydrogens (tertiary/aromatic N) is 2. The Morgan fingerprint density at radius 3 is 2.84 bits per heavy atom. The van der Waals surface area contributed by atoms with Gasteiger partial charge in [-0.05, 0) is 48.6 Å². The first-order chi connectivity index (χ1) is 12.0. The fourth-order valence-corrected chi connectivity index (χ4v) is 4.23. The van der Waals surface area contributed by atoms with Crippen molar-refractivity contribution in [3.8, 4) is 0 Å². The molecule has 0 aliphatic carbocycles. The number of carbonyl (C=O) groups excluding carboxylic acids is 1. The lowest BCUT2D eigenvalue weighted by molar-refractivity contribution is -0.144. The molecule has 1 fully saturated rings. The molecule has 1 saturated heterocycles. The fraction of sp³-hybridized carbons (Fsp3) is 0.333. The van der Waals surface area contributed by atoms with Crippen molar-refractivity contribution in [3.05, 3.63) is 63.1 Å². The van der Waals surface area contributed by atoms with Gasteiger partial charge in [-0.1, -0.05) is 29.3 Å². The minimum atomic E-state index is -1.33. The molecule has 2 aliphatic heterocycles.